The van der Waals surface area contributed by atoms with Gasteiger partial charge in [0.05, 0.1) is 18.8 Å². The fourth-order valence-electron chi connectivity index (χ4n) is 1.89. The van der Waals surface area contributed by atoms with Crippen molar-refractivity contribution < 1.29 is 33.6 Å². The highest BCUT2D eigenvalue weighted by Gasteiger charge is 2.19. The molecule has 142 valence electrons. The van der Waals surface area contributed by atoms with Crippen LogP contribution in [0.15, 0.2) is 36.4 Å². The SMILES string of the molecule is C/C=C\COCOc1cc(C(C)=O)c(C(=O)O)cc1OCOC/C=C\C. The number of carbonyl (C=O) groups excluding carboxylic acids is 1. The number of carboxylic acids is 1. The quantitative estimate of drug-likeness (QED) is 0.263. The molecule has 0 aromatic heterocycles. The minimum Gasteiger partial charge on any atom is -0.478 e. The molecule has 1 aromatic carbocycles. The fraction of sp³-hybridized carbons (Fsp3) is 0.368. The monoisotopic (exact) mass is 364 g/mol. The lowest BCUT2D eigenvalue weighted by molar-refractivity contribution is 0.0134. The van der Waals surface area contributed by atoms with Crippen LogP contribution in [0.5, 0.6) is 11.5 Å². The Morgan fingerprint density at radius 2 is 1.38 bits per heavy atom. The Morgan fingerprint density at radius 3 is 1.77 bits per heavy atom. The number of rotatable bonds is 12. The van der Waals surface area contributed by atoms with Crippen LogP contribution in [0.4, 0.5) is 0 Å². The van der Waals surface area contributed by atoms with Crippen molar-refractivity contribution in [3.05, 3.63) is 47.6 Å². The largest absolute Gasteiger partial charge is 0.478 e. The first-order valence-electron chi connectivity index (χ1n) is 8.06. The van der Waals surface area contributed by atoms with Gasteiger partial charge in [0.2, 0.25) is 0 Å². The van der Waals surface area contributed by atoms with E-state index in [9.17, 15) is 14.7 Å². The average Bonchev–Trinajstić information content (AvgIpc) is 2.61. The van der Waals surface area contributed by atoms with Crippen molar-refractivity contribution in [2.24, 2.45) is 0 Å². The van der Waals surface area contributed by atoms with Crippen LogP contribution in [0.3, 0.4) is 0 Å². The molecule has 0 saturated heterocycles. The zero-order valence-electron chi connectivity index (χ0n) is 15.2. The Balaban J connectivity index is 2.97. The lowest BCUT2D eigenvalue weighted by Crippen LogP contribution is -2.11. The summed E-state index contributed by atoms with van der Waals surface area (Å²) in [6.45, 7) is 5.57. The molecule has 0 heterocycles. The molecular formula is C19H24O7. The number of allylic oxidation sites excluding steroid dienone is 2. The topological polar surface area (TPSA) is 91.3 Å². The first-order valence-corrected chi connectivity index (χ1v) is 8.06. The molecule has 0 aliphatic carbocycles. The number of aromatic carboxylic acids is 1. The van der Waals surface area contributed by atoms with Crippen molar-refractivity contribution in [2.45, 2.75) is 20.8 Å². The molecule has 1 rings (SSSR count). The summed E-state index contributed by atoms with van der Waals surface area (Å²) in [6.07, 6.45) is 7.29. The van der Waals surface area contributed by atoms with Crippen molar-refractivity contribution >= 4 is 11.8 Å². The van der Waals surface area contributed by atoms with E-state index in [1.807, 2.05) is 32.1 Å². The number of carboxylic acid groups (broad SMARTS) is 1. The van der Waals surface area contributed by atoms with E-state index in [-0.39, 0.29) is 36.2 Å². The minimum atomic E-state index is -1.23. The Bertz CT molecular complexity index is 605. The van der Waals surface area contributed by atoms with Gasteiger partial charge in [-0.3, -0.25) is 4.79 Å². The Kier molecular flexibility index (Phi) is 9.74. The number of ketones is 1. The minimum absolute atomic E-state index is 0.0307. The van der Waals surface area contributed by atoms with Crippen molar-refractivity contribution in [1.29, 1.82) is 0 Å². The number of carbonyl (C=O) groups is 2. The third kappa shape index (κ3) is 7.08. The molecule has 0 aliphatic heterocycles. The molecule has 0 unspecified atom stereocenters. The van der Waals surface area contributed by atoms with Crippen LogP contribution in [-0.2, 0) is 9.47 Å². The molecule has 0 atom stereocenters. The van der Waals surface area contributed by atoms with E-state index in [1.165, 1.54) is 19.1 Å². The van der Waals surface area contributed by atoms with Gasteiger partial charge in [-0.2, -0.15) is 0 Å². The third-order valence-corrected chi connectivity index (χ3v) is 3.19. The summed E-state index contributed by atoms with van der Waals surface area (Å²) in [5.41, 5.74) is -0.133. The summed E-state index contributed by atoms with van der Waals surface area (Å²) in [6, 6.07) is 2.59. The molecule has 0 spiro atoms. The number of Topliss-reactive ketones (excluding diaryl/α,β-unsaturated/α-hetero) is 1. The first kappa shape index (κ1) is 21.4. The molecule has 26 heavy (non-hydrogen) atoms. The van der Waals surface area contributed by atoms with Gasteiger partial charge in [-0.25, -0.2) is 4.79 Å². The first-order chi connectivity index (χ1) is 12.5. The number of benzene rings is 1. The van der Waals surface area contributed by atoms with E-state index in [1.54, 1.807) is 6.08 Å². The summed E-state index contributed by atoms with van der Waals surface area (Å²) in [5, 5.41) is 9.32. The molecule has 0 amide bonds. The van der Waals surface area contributed by atoms with Crippen LogP contribution in [0.25, 0.3) is 0 Å². The summed E-state index contributed by atoms with van der Waals surface area (Å²) >= 11 is 0. The zero-order chi connectivity index (χ0) is 19.4. The van der Waals surface area contributed by atoms with Crippen molar-refractivity contribution in [2.75, 3.05) is 26.8 Å². The van der Waals surface area contributed by atoms with Gasteiger partial charge >= 0.3 is 5.97 Å². The maximum atomic E-state index is 11.7. The van der Waals surface area contributed by atoms with Crippen LogP contribution in [0, 0.1) is 0 Å². The second-order valence-corrected chi connectivity index (χ2v) is 5.11. The van der Waals surface area contributed by atoms with Gasteiger partial charge in [-0.15, -0.1) is 0 Å². The average molecular weight is 364 g/mol. The summed E-state index contributed by atoms with van der Waals surface area (Å²) in [7, 11) is 0. The normalized spacial score (nSPS) is 11.2. The van der Waals surface area contributed by atoms with Crippen LogP contribution >= 0.6 is 0 Å². The lowest BCUT2D eigenvalue weighted by atomic mass is 10.0. The van der Waals surface area contributed by atoms with Crippen LogP contribution in [0.2, 0.25) is 0 Å². The molecule has 0 fully saturated rings. The predicted molar refractivity (Wildman–Crippen MR) is 95.9 cm³/mol. The second kappa shape index (κ2) is 11.8. The number of hydrogen-bond acceptors (Lipinski definition) is 6. The Hall–Kier alpha value is -2.64. The molecule has 0 bridgehead atoms. The van der Waals surface area contributed by atoms with Gasteiger partial charge in [0.15, 0.2) is 30.9 Å². The second-order valence-electron chi connectivity index (χ2n) is 5.11. The van der Waals surface area contributed by atoms with Crippen LogP contribution in [0.1, 0.15) is 41.5 Å². The molecule has 1 aromatic rings. The van der Waals surface area contributed by atoms with E-state index in [0.29, 0.717) is 13.2 Å². The van der Waals surface area contributed by atoms with Gasteiger partial charge in [0, 0.05) is 5.56 Å². The highest BCUT2D eigenvalue weighted by Crippen LogP contribution is 2.31. The third-order valence-electron chi connectivity index (χ3n) is 3.19. The molecule has 0 radical (unpaired) electrons. The summed E-state index contributed by atoms with van der Waals surface area (Å²) in [5.74, 6) is -1.26. The van der Waals surface area contributed by atoms with Gasteiger partial charge in [0.25, 0.3) is 0 Å². The molecule has 7 heteroatoms. The van der Waals surface area contributed by atoms with Crippen molar-refractivity contribution in [3.63, 3.8) is 0 Å². The van der Waals surface area contributed by atoms with Crippen LogP contribution in [-0.4, -0.2) is 43.7 Å². The highest BCUT2D eigenvalue weighted by atomic mass is 16.7. The zero-order valence-corrected chi connectivity index (χ0v) is 15.2. The molecule has 1 N–H and O–H groups in total. The number of ether oxygens (including phenoxy) is 4. The van der Waals surface area contributed by atoms with Crippen molar-refractivity contribution in [1.82, 2.24) is 0 Å². The summed E-state index contributed by atoms with van der Waals surface area (Å²) in [4.78, 5) is 23.2. The fourth-order valence-corrected chi connectivity index (χ4v) is 1.89. The van der Waals surface area contributed by atoms with Crippen LogP contribution < -0.4 is 9.47 Å². The predicted octanol–water partition coefficient (Wildman–Crippen LogP) is 3.45. The Morgan fingerprint density at radius 1 is 0.923 bits per heavy atom. The Labute approximate surface area is 152 Å². The summed E-state index contributed by atoms with van der Waals surface area (Å²) < 4.78 is 21.5. The van der Waals surface area contributed by atoms with E-state index < -0.39 is 11.8 Å². The van der Waals surface area contributed by atoms with E-state index in [2.05, 4.69) is 0 Å². The molecule has 0 saturated carbocycles. The van der Waals surface area contributed by atoms with Gasteiger partial charge in [-0.05, 0) is 32.9 Å². The molecule has 7 nitrogen and oxygen atoms in total. The van der Waals surface area contributed by atoms with E-state index in [0.717, 1.165) is 0 Å². The van der Waals surface area contributed by atoms with Crippen molar-refractivity contribution in [3.8, 4) is 11.5 Å². The van der Waals surface area contributed by atoms with E-state index in [4.69, 9.17) is 18.9 Å². The lowest BCUT2D eigenvalue weighted by Gasteiger charge is -2.15. The van der Waals surface area contributed by atoms with Gasteiger partial charge < -0.3 is 24.1 Å². The molecular weight excluding hydrogens is 340 g/mol. The van der Waals surface area contributed by atoms with Gasteiger partial charge in [0.1, 0.15) is 0 Å². The maximum Gasteiger partial charge on any atom is 0.336 e. The van der Waals surface area contributed by atoms with E-state index >= 15 is 0 Å². The smallest absolute Gasteiger partial charge is 0.336 e. The number of hydrogen-bond donors (Lipinski definition) is 1. The standard InChI is InChI=1S/C19H24O7/c1-4-6-8-23-12-25-17-10-15(14(3)20)16(19(21)22)11-18(17)26-13-24-9-7-5-2/h4-7,10-11H,8-9,12-13H2,1-3H3,(H,21,22)/b6-4-,7-5-. The highest BCUT2D eigenvalue weighted by molar-refractivity contribution is 6.05. The molecule has 0 aliphatic rings. The maximum absolute atomic E-state index is 11.7. The van der Waals surface area contributed by atoms with Gasteiger partial charge in [-0.1, -0.05) is 24.3 Å².